The van der Waals surface area contributed by atoms with Crippen molar-refractivity contribution in [2.75, 3.05) is 32.7 Å². The van der Waals surface area contributed by atoms with Crippen molar-refractivity contribution >= 4 is 11.8 Å². The summed E-state index contributed by atoms with van der Waals surface area (Å²) in [5, 5.41) is 4.21. The van der Waals surface area contributed by atoms with Gasteiger partial charge in [0.2, 0.25) is 5.91 Å². The molecule has 2 aliphatic rings. The minimum absolute atomic E-state index is 0.0512. The average molecular weight is 396 g/mol. The molecule has 2 aromatic heterocycles. The molecular weight excluding hydrogens is 368 g/mol. The number of amides is 2. The Balaban J connectivity index is 1.39. The highest BCUT2D eigenvalue weighted by atomic mass is 16.2. The highest BCUT2D eigenvalue weighted by Crippen LogP contribution is 2.21. The monoisotopic (exact) mass is 396 g/mol. The fourth-order valence-corrected chi connectivity index (χ4v) is 4.23. The smallest absolute Gasteiger partial charge is 0.272 e. The molecule has 2 fully saturated rings. The second-order valence-corrected chi connectivity index (χ2v) is 7.96. The summed E-state index contributed by atoms with van der Waals surface area (Å²) in [6.07, 6.45) is 7.13. The van der Waals surface area contributed by atoms with Gasteiger partial charge in [0.1, 0.15) is 5.69 Å². The lowest BCUT2D eigenvalue weighted by Gasteiger charge is -2.43. The number of likely N-dealkylation sites (tertiary alicyclic amines) is 1. The zero-order chi connectivity index (χ0) is 20.4. The molecule has 2 saturated heterocycles. The van der Waals surface area contributed by atoms with Crippen LogP contribution in [0.5, 0.6) is 0 Å². The number of hydrogen-bond acceptors (Lipinski definition) is 5. The van der Waals surface area contributed by atoms with E-state index in [9.17, 15) is 9.59 Å². The molecule has 8 nitrogen and oxygen atoms in total. The van der Waals surface area contributed by atoms with Gasteiger partial charge in [-0.15, -0.1) is 0 Å². The fraction of sp³-hybridized carbons (Fsp3) is 0.524. The Bertz CT molecular complexity index is 858. The maximum Gasteiger partial charge on any atom is 0.272 e. The summed E-state index contributed by atoms with van der Waals surface area (Å²) < 4.78 is 1.71. The Morgan fingerprint density at radius 1 is 1.14 bits per heavy atom. The highest BCUT2D eigenvalue weighted by molar-refractivity contribution is 5.93. The van der Waals surface area contributed by atoms with Crippen LogP contribution in [0.15, 0.2) is 36.8 Å². The van der Waals surface area contributed by atoms with Crippen LogP contribution in [0.3, 0.4) is 0 Å². The van der Waals surface area contributed by atoms with Crippen LogP contribution >= 0.6 is 0 Å². The summed E-state index contributed by atoms with van der Waals surface area (Å²) in [6.45, 7) is 7.64. The van der Waals surface area contributed by atoms with E-state index < -0.39 is 0 Å². The number of pyridine rings is 1. The number of piperidine rings is 1. The number of hydrogen-bond donors (Lipinski definition) is 0. The van der Waals surface area contributed by atoms with Crippen LogP contribution < -0.4 is 0 Å². The lowest BCUT2D eigenvalue weighted by molar-refractivity contribution is -0.142. The van der Waals surface area contributed by atoms with Crippen molar-refractivity contribution in [2.24, 2.45) is 0 Å². The first-order chi connectivity index (χ1) is 14.0. The molecule has 4 rings (SSSR count). The Morgan fingerprint density at radius 3 is 2.62 bits per heavy atom. The van der Waals surface area contributed by atoms with Crippen LogP contribution in [0.4, 0.5) is 0 Å². The third-order valence-corrected chi connectivity index (χ3v) is 5.84. The third-order valence-electron chi connectivity index (χ3n) is 5.84. The second-order valence-electron chi connectivity index (χ2n) is 7.96. The first kappa shape index (κ1) is 19.6. The summed E-state index contributed by atoms with van der Waals surface area (Å²) in [6, 6.07) is 5.63. The normalized spacial score (nSPS) is 21.1. The Morgan fingerprint density at radius 2 is 1.93 bits per heavy atom. The average Bonchev–Trinajstić information content (AvgIpc) is 3.28. The van der Waals surface area contributed by atoms with E-state index in [-0.39, 0.29) is 23.9 Å². The van der Waals surface area contributed by atoms with E-state index in [4.69, 9.17) is 0 Å². The van der Waals surface area contributed by atoms with Crippen molar-refractivity contribution in [1.82, 2.24) is 29.5 Å². The van der Waals surface area contributed by atoms with E-state index in [0.717, 1.165) is 25.1 Å². The molecule has 4 heterocycles. The maximum atomic E-state index is 13.0. The minimum atomic E-state index is -0.0718. The minimum Gasteiger partial charge on any atom is -0.339 e. The molecule has 0 radical (unpaired) electrons. The SMILES string of the molecule is CC(C)N1CCCC(N2CCN(C(=O)c3cc(-n4cccn4)ccn3)CC2)C1=O. The fourth-order valence-electron chi connectivity index (χ4n) is 4.23. The molecule has 0 aromatic carbocycles. The van der Waals surface area contributed by atoms with E-state index in [1.807, 2.05) is 28.1 Å². The van der Waals surface area contributed by atoms with Gasteiger partial charge in [-0.25, -0.2) is 4.68 Å². The highest BCUT2D eigenvalue weighted by Gasteiger charge is 2.36. The van der Waals surface area contributed by atoms with E-state index >= 15 is 0 Å². The number of rotatable bonds is 4. The van der Waals surface area contributed by atoms with Gasteiger partial charge in [-0.3, -0.25) is 19.5 Å². The molecule has 0 bridgehead atoms. The summed E-state index contributed by atoms with van der Waals surface area (Å²) in [5.74, 6) is 0.164. The molecule has 1 atom stereocenters. The van der Waals surface area contributed by atoms with Gasteiger partial charge in [-0.1, -0.05) is 0 Å². The molecule has 2 aromatic rings. The molecule has 0 saturated carbocycles. The topological polar surface area (TPSA) is 74.6 Å². The van der Waals surface area contributed by atoms with Gasteiger partial charge in [0.15, 0.2) is 0 Å². The molecule has 154 valence electrons. The number of carbonyl (C=O) groups excluding carboxylic acids is 2. The number of piperazine rings is 1. The van der Waals surface area contributed by atoms with Crippen LogP contribution in [-0.4, -0.2) is 86.1 Å². The van der Waals surface area contributed by atoms with Crippen molar-refractivity contribution in [3.63, 3.8) is 0 Å². The summed E-state index contributed by atoms with van der Waals surface area (Å²) >= 11 is 0. The predicted octanol–water partition coefficient (Wildman–Crippen LogP) is 1.42. The van der Waals surface area contributed by atoms with Gasteiger partial charge in [-0.2, -0.15) is 5.10 Å². The largest absolute Gasteiger partial charge is 0.339 e. The Hall–Kier alpha value is -2.74. The molecule has 29 heavy (non-hydrogen) atoms. The van der Waals surface area contributed by atoms with Gasteiger partial charge in [0.25, 0.3) is 5.91 Å². The van der Waals surface area contributed by atoms with Crippen molar-refractivity contribution < 1.29 is 9.59 Å². The van der Waals surface area contributed by atoms with Gasteiger partial charge in [0, 0.05) is 57.4 Å². The van der Waals surface area contributed by atoms with Crippen molar-refractivity contribution in [3.05, 3.63) is 42.5 Å². The lowest BCUT2D eigenvalue weighted by atomic mass is 10.0. The van der Waals surface area contributed by atoms with Gasteiger partial charge in [-0.05, 0) is 44.9 Å². The number of nitrogens with zero attached hydrogens (tertiary/aromatic N) is 6. The quantitative estimate of drug-likeness (QED) is 0.782. The van der Waals surface area contributed by atoms with Crippen molar-refractivity contribution in [1.29, 1.82) is 0 Å². The van der Waals surface area contributed by atoms with Crippen LogP contribution in [0.2, 0.25) is 0 Å². The third kappa shape index (κ3) is 4.03. The molecule has 1 unspecified atom stereocenters. The Kier molecular flexibility index (Phi) is 5.62. The summed E-state index contributed by atoms with van der Waals surface area (Å²) in [5.41, 5.74) is 1.24. The van der Waals surface area contributed by atoms with E-state index in [0.29, 0.717) is 31.9 Å². The maximum absolute atomic E-state index is 13.0. The molecule has 0 aliphatic carbocycles. The zero-order valence-electron chi connectivity index (χ0n) is 17.1. The van der Waals surface area contributed by atoms with Crippen molar-refractivity contribution in [2.45, 2.75) is 38.8 Å². The van der Waals surface area contributed by atoms with Crippen LogP contribution in [0, 0.1) is 0 Å². The standard InChI is InChI=1S/C21H28N6O2/c1-16(2)26-9-3-5-19(21(26)29)24-11-13-25(14-12-24)20(28)18-15-17(6-8-22-18)27-10-4-7-23-27/h4,6-8,10,15-16,19H,3,5,9,11-14H2,1-2H3. The van der Waals surface area contributed by atoms with Gasteiger partial charge in [0.05, 0.1) is 11.7 Å². The van der Waals surface area contributed by atoms with Gasteiger partial charge >= 0.3 is 0 Å². The van der Waals surface area contributed by atoms with E-state index in [2.05, 4.69) is 28.8 Å². The van der Waals surface area contributed by atoms with Crippen LogP contribution in [0.25, 0.3) is 5.69 Å². The number of carbonyl (C=O) groups is 2. The van der Waals surface area contributed by atoms with Crippen LogP contribution in [-0.2, 0) is 4.79 Å². The summed E-state index contributed by atoms with van der Waals surface area (Å²) in [4.78, 5) is 36.1. The van der Waals surface area contributed by atoms with Gasteiger partial charge < -0.3 is 9.80 Å². The number of aromatic nitrogens is 3. The molecule has 0 N–H and O–H groups in total. The first-order valence-electron chi connectivity index (χ1n) is 10.3. The summed E-state index contributed by atoms with van der Waals surface area (Å²) in [7, 11) is 0. The molecular formula is C21H28N6O2. The predicted molar refractivity (Wildman–Crippen MR) is 109 cm³/mol. The first-order valence-corrected chi connectivity index (χ1v) is 10.3. The van der Waals surface area contributed by atoms with E-state index in [1.54, 1.807) is 23.1 Å². The molecule has 2 amide bonds. The van der Waals surface area contributed by atoms with Crippen LogP contribution in [0.1, 0.15) is 37.2 Å². The molecule has 8 heteroatoms. The second kappa shape index (κ2) is 8.32. The molecule has 2 aliphatic heterocycles. The molecule has 0 spiro atoms. The zero-order valence-corrected chi connectivity index (χ0v) is 17.1. The Labute approximate surface area is 171 Å². The lowest BCUT2D eigenvalue weighted by Crippen LogP contribution is -2.59. The van der Waals surface area contributed by atoms with Crippen molar-refractivity contribution in [3.8, 4) is 5.69 Å². The van der Waals surface area contributed by atoms with E-state index in [1.165, 1.54) is 0 Å².